The van der Waals surface area contributed by atoms with E-state index in [1.807, 2.05) is 6.08 Å². The molecule has 0 saturated heterocycles. The van der Waals surface area contributed by atoms with Crippen LogP contribution in [0.1, 0.15) is 316 Å². The van der Waals surface area contributed by atoms with E-state index in [-0.39, 0.29) is 31.6 Å². The highest BCUT2D eigenvalue weighted by Crippen LogP contribution is 2.17. The smallest absolute Gasteiger partial charge is 0.309 e. The summed E-state index contributed by atoms with van der Waals surface area (Å²) in [6, 6.07) is 0. The summed E-state index contributed by atoms with van der Waals surface area (Å²) in [4.78, 5) is 38.2. The van der Waals surface area contributed by atoms with E-state index in [1.165, 1.54) is 205 Å². The van der Waals surface area contributed by atoms with Crippen LogP contribution in [0.2, 0.25) is 0 Å². The van der Waals surface area contributed by atoms with Crippen LogP contribution in [0.25, 0.3) is 0 Å². The summed E-state index contributed by atoms with van der Waals surface area (Å²) >= 11 is 0. The van der Waals surface area contributed by atoms with Crippen molar-refractivity contribution in [3.05, 3.63) is 72.9 Å². The number of hydrogen-bond acceptors (Lipinski definition) is 6. The maximum atomic E-state index is 12.9. The number of hydrogen-bond donors (Lipinski definition) is 0. The van der Waals surface area contributed by atoms with Crippen LogP contribution < -0.4 is 0 Å². The van der Waals surface area contributed by atoms with E-state index in [0.717, 1.165) is 70.6 Å². The lowest BCUT2D eigenvalue weighted by atomic mass is 10.0. The number of esters is 3. The first-order valence-corrected chi connectivity index (χ1v) is 31.4. The van der Waals surface area contributed by atoms with E-state index in [1.54, 1.807) is 6.08 Å². The van der Waals surface area contributed by atoms with Crippen LogP contribution >= 0.6 is 0 Å². The Hall–Kier alpha value is -3.15. The predicted octanol–water partition coefficient (Wildman–Crippen LogP) is 21.3. The first-order valence-electron chi connectivity index (χ1n) is 31.4. The molecule has 0 amide bonds. The third-order valence-corrected chi connectivity index (χ3v) is 13.7. The minimum atomic E-state index is -0.817. The van der Waals surface area contributed by atoms with Gasteiger partial charge in [0.1, 0.15) is 13.2 Å². The fourth-order valence-corrected chi connectivity index (χ4v) is 9.04. The number of unbranched alkanes of at least 4 members (excludes halogenated alkanes) is 35. The van der Waals surface area contributed by atoms with Crippen molar-refractivity contribution in [2.45, 2.75) is 322 Å². The molecule has 0 aliphatic heterocycles. The van der Waals surface area contributed by atoms with Crippen LogP contribution in [0.4, 0.5) is 0 Å². The van der Waals surface area contributed by atoms with Crippen molar-refractivity contribution in [1.82, 2.24) is 0 Å². The highest BCUT2D eigenvalue weighted by molar-refractivity contribution is 5.72. The van der Waals surface area contributed by atoms with E-state index >= 15 is 0 Å². The van der Waals surface area contributed by atoms with Gasteiger partial charge >= 0.3 is 17.9 Å². The largest absolute Gasteiger partial charge is 0.462 e. The number of carbonyl (C=O) groups excluding carboxylic acids is 3. The molecule has 0 N–H and O–H groups in total. The number of allylic oxidation sites excluding steroid dienone is 11. The van der Waals surface area contributed by atoms with Gasteiger partial charge in [-0.15, -0.1) is 0 Å². The summed E-state index contributed by atoms with van der Waals surface area (Å²) in [6.07, 6.45) is 79.4. The van der Waals surface area contributed by atoms with Crippen molar-refractivity contribution in [3.8, 4) is 0 Å². The average Bonchev–Trinajstić information content (AvgIpc) is 3.39. The van der Waals surface area contributed by atoms with Crippen molar-refractivity contribution in [2.75, 3.05) is 13.2 Å². The van der Waals surface area contributed by atoms with Crippen LogP contribution in [0.15, 0.2) is 72.9 Å². The minimum Gasteiger partial charge on any atom is -0.462 e. The molecule has 0 aromatic heterocycles. The zero-order chi connectivity index (χ0) is 52.9. The van der Waals surface area contributed by atoms with E-state index in [0.29, 0.717) is 12.8 Å². The topological polar surface area (TPSA) is 78.9 Å². The molecule has 422 valence electrons. The van der Waals surface area contributed by atoms with Gasteiger partial charge in [0, 0.05) is 12.8 Å². The van der Waals surface area contributed by atoms with Gasteiger partial charge in [0.05, 0.1) is 6.42 Å². The third kappa shape index (κ3) is 59.6. The van der Waals surface area contributed by atoms with Crippen LogP contribution in [0, 0.1) is 0 Å². The Kier molecular flexibility index (Phi) is 58.7. The summed E-state index contributed by atoms with van der Waals surface area (Å²) in [5, 5.41) is 0. The van der Waals surface area contributed by atoms with Gasteiger partial charge in [-0.2, -0.15) is 0 Å². The zero-order valence-electron chi connectivity index (χ0n) is 48.4. The molecule has 0 fully saturated rings. The summed E-state index contributed by atoms with van der Waals surface area (Å²) in [6.45, 7) is 6.48. The Balaban J connectivity index is 4.39. The molecular formula is C67H118O6. The van der Waals surface area contributed by atoms with Gasteiger partial charge in [0.25, 0.3) is 0 Å². The number of carbonyl (C=O) groups is 3. The van der Waals surface area contributed by atoms with Crippen molar-refractivity contribution in [1.29, 1.82) is 0 Å². The number of rotatable bonds is 57. The SMILES string of the molecule is CC/C=C\C/C=C\C/C=C\C/C=C\C/C=C\CC(=O)OCC(COC(=O)CCCCCCCCCCCCCCCCCCCCCCCC)OC(=O)CCCCCCCCC/C=C\CCCCCCCCC. The molecule has 1 unspecified atom stereocenters. The summed E-state index contributed by atoms with van der Waals surface area (Å²) in [7, 11) is 0. The van der Waals surface area contributed by atoms with E-state index in [2.05, 4.69) is 81.5 Å². The fourth-order valence-electron chi connectivity index (χ4n) is 9.04. The maximum Gasteiger partial charge on any atom is 0.309 e. The molecular weight excluding hydrogens is 901 g/mol. The second kappa shape index (κ2) is 61.4. The highest BCUT2D eigenvalue weighted by Gasteiger charge is 2.19. The monoisotopic (exact) mass is 1020 g/mol. The Labute approximate surface area is 453 Å². The standard InChI is InChI=1S/C67H118O6/c1-4-7-10-13-16-19-22-25-28-30-32-33-34-35-37-39-42-45-48-51-54-57-60-66(69)72-63-64(62-71-65(68)59-56-53-50-47-44-41-38-27-24-21-18-15-12-9-6-3)73-67(70)61-58-55-52-49-46-43-40-36-31-29-26-23-20-17-14-11-8-5-2/h9,12,18,21,27,29,31,38,44,47,53,56,64H,4-8,10-11,13-17,19-20,22-26,28,30,32-37,39-43,45-46,48-52,54-55,57-63H2,1-3H3/b12-9-,21-18-,31-29-,38-27-,47-44-,56-53-. The Morgan fingerprint density at radius 3 is 0.945 bits per heavy atom. The number of ether oxygens (including phenoxy) is 3. The van der Waals surface area contributed by atoms with E-state index < -0.39 is 12.1 Å². The molecule has 0 spiro atoms. The normalized spacial score (nSPS) is 12.5. The molecule has 0 rings (SSSR count). The fraction of sp³-hybridized carbons (Fsp3) is 0.776. The first-order chi connectivity index (χ1) is 36.0. The van der Waals surface area contributed by atoms with E-state index in [4.69, 9.17) is 14.2 Å². The Morgan fingerprint density at radius 1 is 0.301 bits per heavy atom. The molecule has 0 saturated carbocycles. The summed E-state index contributed by atoms with van der Waals surface area (Å²) in [5.74, 6) is -1.03. The molecule has 0 radical (unpaired) electrons. The second-order valence-corrected chi connectivity index (χ2v) is 21.0. The first kappa shape index (κ1) is 69.8. The van der Waals surface area contributed by atoms with Gasteiger partial charge < -0.3 is 14.2 Å². The van der Waals surface area contributed by atoms with Gasteiger partial charge in [-0.3, -0.25) is 14.4 Å². The Morgan fingerprint density at radius 2 is 0.589 bits per heavy atom. The van der Waals surface area contributed by atoms with Crippen LogP contribution in [0.5, 0.6) is 0 Å². The lowest BCUT2D eigenvalue weighted by Crippen LogP contribution is -2.30. The average molecular weight is 1020 g/mol. The van der Waals surface area contributed by atoms with Gasteiger partial charge in [-0.1, -0.05) is 299 Å². The van der Waals surface area contributed by atoms with Gasteiger partial charge in [0.15, 0.2) is 6.10 Å². The zero-order valence-corrected chi connectivity index (χ0v) is 48.4. The summed E-state index contributed by atoms with van der Waals surface area (Å²) < 4.78 is 16.8. The van der Waals surface area contributed by atoms with Gasteiger partial charge in [0.2, 0.25) is 0 Å². The highest BCUT2D eigenvalue weighted by atomic mass is 16.6. The van der Waals surface area contributed by atoms with Crippen LogP contribution in [0.3, 0.4) is 0 Å². The molecule has 0 aromatic carbocycles. The lowest BCUT2D eigenvalue weighted by molar-refractivity contribution is -0.166. The molecule has 0 heterocycles. The van der Waals surface area contributed by atoms with E-state index in [9.17, 15) is 14.4 Å². The molecule has 0 bridgehead atoms. The third-order valence-electron chi connectivity index (χ3n) is 13.7. The summed E-state index contributed by atoms with van der Waals surface area (Å²) in [5.41, 5.74) is 0. The van der Waals surface area contributed by atoms with Crippen LogP contribution in [-0.4, -0.2) is 37.2 Å². The molecule has 6 nitrogen and oxygen atoms in total. The lowest BCUT2D eigenvalue weighted by Gasteiger charge is -2.18. The molecule has 0 aromatic rings. The van der Waals surface area contributed by atoms with Crippen molar-refractivity contribution < 1.29 is 28.6 Å². The van der Waals surface area contributed by atoms with Crippen molar-refractivity contribution in [2.24, 2.45) is 0 Å². The quantitative estimate of drug-likeness (QED) is 0.0261. The van der Waals surface area contributed by atoms with Gasteiger partial charge in [-0.05, 0) is 70.6 Å². The van der Waals surface area contributed by atoms with Crippen molar-refractivity contribution in [3.63, 3.8) is 0 Å². The molecule has 0 aliphatic carbocycles. The molecule has 73 heavy (non-hydrogen) atoms. The predicted molar refractivity (Wildman–Crippen MR) is 316 cm³/mol. The van der Waals surface area contributed by atoms with Gasteiger partial charge in [-0.25, -0.2) is 0 Å². The Bertz CT molecular complexity index is 1360. The van der Waals surface area contributed by atoms with Crippen molar-refractivity contribution >= 4 is 17.9 Å². The second-order valence-electron chi connectivity index (χ2n) is 21.0. The molecule has 0 aliphatic rings. The molecule has 1 atom stereocenters. The minimum absolute atomic E-state index is 0.104. The molecule has 6 heteroatoms. The van der Waals surface area contributed by atoms with Crippen LogP contribution in [-0.2, 0) is 28.6 Å². The maximum absolute atomic E-state index is 12.9.